The second kappa shape index (κ2) is 7.68. The van der Waals surface area contributed by atoms with Crippen molar-refractivity contribution in [1.82, 2.24) is 4.90 Å². The van der Waals surface area contributed by atoms with Gasteiger partial charge in [0.15, 0.2) is 17.7 Å². The van der Waals surface area contributed by atoms with E-state index < -0.39 is 0 Å². The highest BCUT2D eigenvalue weighted by atomic mass is 35.5. The Labute approximate surface area is 141 Å². The summed E-state index contributed by atoms with van der Waals surface area (Å²) in [6, 6.07) is 15.6. The van der Waals surface area contributed by atoms with E-state index >= 15 is 0 Å². The van der Waals surface area contributed by atoms with Crippen LogP contribution in [-0.4, -0.2) is 38.3 Å². The quantitative estimate of drug-likeness (QED) is 0.833. The SMILES string of the molecule is COc1cc(Cl)ccc1O[C@@H](c1ccccc1)N1CCOCC1. The van der Waals surface area contributed by atoms with Gasteiger partial charge in [0.1, 0.15) is 0 Å². The molecule has 2 aromatic rings. The van der Waals surface area contributed by atoms with E-state index in [0.29, 0.717) is 29.7 Å². The number of benzene rings is 2. The summed E-state index contributed by atoms with van der Waals surface area (Å²) in [4.78, 5) is 2.27. The summed E-state index contributed by atoms with van der Waals surface area (Å²) in [5.74, 6) is 1.31. The molecule has 1 heterocycles. The van der Waals surface area contributed by atoms with Crippen molar-refractivity contribution in [3.05, 3.63) is 59.1 Å². The molecular weight excluding hydrogens is 314 g/mol. The number of ether oxygens (including phenoxy) is 3. The normalized spacial score (nSPS) is 16.8. The van der Waals surface area contributed by atoms with E-state index in [1.807, 2.05) is 24.3 Å². The molecule has 0 N–H and O–H groups in total. The van der Waals surface area contributed by atoms with E-state index in [2.05, 4.69) is 17.0 Å². The summed E-state index contributed by atoms with van der Waals surface area (Å²) in [5, 5.41) is 0.622. The highest BCUT2D eigenvalue weighted by molar-refractivity contribution is 6.30. The summed E-state index contributed by atoms with van der Waals surface area (Å²) in [6.07, 6.45) is -0.185. The van der Waals surface area contributed by atoms with Crippen LogP contribution in [-0.2, 0) is 4.74 Å². The number of hydrogen-bond donors (Lipinski definition) is 0. The van der Waals surface area contributed by atoms with Crippen LogP contribution in [0.4, 0.5) is 0 Å². The van der Waals surface area contributed by atoms with E-state index in [0.717, 1.165) is 18.7 Å². The molecule has 0 aromatic heterocycles. The molecule has 23 heavy (non-hydrogen) atoms. The topological polar surface area (TPSA) is 30.9 Å². The molecule has 1 aliphatic rings. The van der Waals surface area contributed by atoms with Crippen LogP contribution in [0.3, 0.4) is 0 Å². The van der Waals surface area contributed by atoms with E-state index in [-0.39, 0.29) is 6.23 Å². The molecule has 2 aromatic carbocycles. The smallest absolute Gasteiger partial charge is 0.179 e. The van der Waals surface area contributed by atoms with Crippen LogP contribution >= 0.6 is 11.6 Å². The molecule has 0 unspecified atom stereocenters. The molecule has 0 spiro atoms. The lowest BCUT2D eigenvalue weighted by Gasteiger charge is -2.34. The molecule has 0 radical (unpaired) electrons. The van der Waals surface area contributed by atoms with Crippen molar-refractivity contribution < 1.29 is 14.2 Å². The van der Waals surface area contributed by atoms with Crippen LogP contribution in [0.15, 0.2) is 48.5 Å². The van der Waals surface area contributed by atoms with Crippen LogP contribution in [0.5, 0.6) is 11.5 Å². The summed E-state index contributed by atoms with van der Waals surface area (Å²) in [5.41, 5.74) is 1.10. The lowest BCUT2D eigenvalue weighted by Crippen LogP contribution is -2.41. The summed E-state index contributed by atoms with van der Waals surface area (Å²) in [7, 11) is 1.62. The molecule has 1 aliphatic heterocycles. The van der Waals surface area contributed by atoms with Gasteiger partial charge in [-0.3, -0.25) is 4.90 Å². The number of methoxy groups -OCH3 is 1. The van der Waals surface area contributed by atoms with Gasteiger partial charge in [-0.1, -0.05) is 41.9 Å². The first-order chi connectivity index (χ1) is 11.3. The number of hydrogen-bond acceptors (Lipinski definition) is 4. The first-order valence-electron chi connectivity index (χ1n) is 7.65. The van der Waals surface area contributed by atoms with E-state index in [1.165, 1.54) is 0 Å². The van der Waals surface area contributed by atoms with Gasteiger partial charge in [0.2, 0.25) is 0 Å². The van der Waals surface area contributed by atoms with Gasteiger partial charge >= 0.3 is 0 Å². The molecule has 3 rings (SSSR count). The highest BCUT2D eigenvalue weighted by Gasteiger charge is 2.25. The molecule has 0 amide bonds. The minimum atomic E-state index is -0.185. The Morgan fingerprint density at radius 2 is 1.78 bits per heavy atom. The predicted molar refractivity (Wildman–Crippen MR) is 90.2 cm³/mol. The van der Waals surface area contributed by atoms with Gasteiger partial charge in [-0.15, -0.1) is 0 Å². The van der Waals surface area contributed by atoms with Crippen molar-refractivity contribution in [2.24, 2.45) is 0 Å². The van der Waals surface area contributed by atoms with Crippen LogP contribution in [0, 0.1) is 0 Å². The Hall–Kier alpha value is -1.75. The van der Waals surface area contributed by atoms with Crippen molar-refractivity contribution in [3.63, 3.8) is 0 Å². The van der Waals surface area contributed by atoms with Gasteiger partial charge in [0.25, 0.3) is 0 Å². The summed E-state index contributed by atoms with van der Waals surface area (Å²) in [6.45, 7) is 3.08. The number of rotatable bonds is 5. The molecule has 0 bridgehead atoms. The average Bonchev–Trinajstić information content (AvgIpc) is 2.62. The van der Waals surface area contributed by atoms with Crippen LogP contribution in [0.2, 0.25) is 5.02 Å². The van der Waals surface area contributed by atoms with E-state index in [1.54, 1.807) is 19.2 Å². The molecule has 1 fully saturated rings. The van der Waals surface area contributed by atoms with E-state index in [9.17, 15) is 0 Å². The zero-order valence-corrected chi connectivity index (χ0v) is 13.8. The number of halogens is 1. The Balaban J connectivity index is 1.89. The molecule has 1 saturated heterocycles. The molecule has 0 aliphatic carbocycles. The lowest BCUT2D eigenvalue weighted by atomic mass is 10.1. The predicted octanol–water partition coefficient (Wildman–Crippen LogP) is 3.76. The third-order valence-electron chi connectivity index (χ3n) is 3.83. The maximum absolute atomic E-state index is 6.30. The van der Waals surface area contributed by atoms with Crippen molar-refractivity contribution in [3.8, 4) is 11.5 Å². The van der Waals surface area contributed by atoms with Crippen molar-refractivity contribution in [1.29, 1.82) is 0 Å². The molecular formula is C18H20ClNO3. The highest BCUT2D eigenvalue weighted by Crippen LogP contribution is 2.34. The molecule has 1 atom stereocenters. The van der Waals surface area contributed by atoms with Gasteiger partial charge in [0.05, 0.1) is 20.3 Å². The fourth-order valence-electron chi connectivity index (χ4n) is 2.64. The fourth-order valence-corrected chi connectivity index (χ4v) is 2.80. The lowest BCUT2D eigenvalue weighted by molar-refractivity contribution is -0.0482. The van der Waals surface area contributed by atoms with Gasteiger partial charge < -0.3 is 14.2 Å². The molecule has 4 nitrogen and oxygen atoms in total. The third kappa shape index (κ3) is 3.96. The zero-order chi connectivity index (χ0) is 16.1. The number of nitrogens with zero attached hydrogens (tertiary/aromatic N) is 1. The number of morpholine rings is 1. The summed E-state index contributed by atoms with van der Waals surface area (Å²) < 4.78 is 17.2. The Morgan fingerprint density at radius 1 is 1.04 bits per heavy atom. The summed E-state index contributed by atoms with van der Waals surface area (Å²) >= 11 is 6.04. The fraction of sp³-hybridized carbons (Fsp3) is 0.333. The van der Waals surface area contributed by atoms with Gasteiger partial charge in [-0.05, 0) is 12.1 Å². The van der Waals surface area contributed by atoms with Crippen molar-refractivity contribution in [2.45, 2.75) is 6.23 Å². The monoisotopic (exact) mass is 333 g/mol. The first kappa shape index (κ1) is 16.1. The Bertz CT molecular complexity index is 629. The first-order valence-corrected chi connectivity index (χ1v) is 8.02. The minimum Gasteiger partial charge on any atom is -0.493 e. The van der Waals surface area contributed by atoms with Gasteiger partial charge in [-0.2, -0.15) is 0 Å². The van der Waals surface area contributed by atoms with Crippen molar-refractivity contribution in [2.75, 3.05) is 33.4 Å². The third-order valence-corrected chi connectivity index (χ3v) is 4.06. The minimum absolute atomic E-state index is 0.185. The largest absolute Gasteiger partial charge is 0.493 e. The van der Waals surface area contributed by atoms with Crippen LogP contribution < -0.4 is 9.47 Å². The van der Waals surface area contributed by atoms with E-state index in [4.69, 9.17) is 25.8 Å². The standard InChI is InChI=1S/C18H20ClNO3/c1-21-17-13-15(19)7-8-16(17)23-18(14-5-3-2-4-6-14)20-9-11-22-12-10-20/h2-8,13,18H,9-12H2,1H3/t18-/m0/s1. The van der Waals surface area contributed by atoms with Crippen molar-refractivity contribution >= 4 is 11.6 Å². The van der Waals surface area contributed by atoms with Crippen LogP contribution in [0.1, 0.15) is 11.8 Å². The average molecular weight is 334 g/mol. The Morgan fingerprint density at radius 3 is 2.48 bits per heavy atom. The molecule has 122 valence electrons. The maximum Gasteiger partial charge on any atom is 0.179 e. The van der Waals surface area contributed by atoms with Gasteiger partial charge in [0, 0.05) is 29.7 Å². The Kier molecular flexibility index (Phi) is 5.39. The maximum atomic E-state index is 6.30. The molecule has 0 saturated carbocycles. The zero-order valence-electron chi connectivity index (χ0n) is 13.1. The second-order valence-electron chi connectivity index (χ2n) is 5.32. The van der Waals surface area contributed by atoms with Crippen LogP contribution in [0.25, 0.3) is 0 Å². The molecule has 5 heteroatoms. The van der Waals surface area contributed by atoms with Gasteiger partial charge in [-0.25, -0.2) is 0 Å². The second-order valence-corrected chi connectivity index (χ2v) is 5.76.